The highest BCUT2D eigenvalue weighted by Gasteiger charge is 2.10. The van der Waals surface area contributed by atoms with Crippen molar-refractivity contribution in [1.29, 1.82) is 0 Å². The molecule has 0 unspecified atom stereocenters. The number of hydrogen-bond acceptors (Lipinski definition) is 2. The predicted molar refractivity (Wildman–Crippen MR) is 95.6 cm³/mol. The zero-order valence-electron chi connectivity index (χ0n) is 14.0. The molecule has 0 saturated carbocycles. The van der Waals surface area contributed by atoms with Crippen molar-refractivity contribution in [3.8, 4) is 0 Å². The molecule has 2 N–H and O–H groups in total. The van der Waals surface area contributed by atoms with Gasteiger partial charge >= 0.3 is 0 Å². The maximum atomic E-state index is 6.15. The Kier molecular flexibility index (Phi) is 5.16. The van der Waals surface area contributed by atoms with Gasteiger partial charge in [-0.15, -0.1) is 0 Å². The number of aliphatic imine (C=N–C) groups is 1. The van der Waals surface area contributed by atoms with Gasteiger partial charge in [0.25, 0.3) is 0 Å². The van der Waals surface area contributed by atoms with Gasteiger partial charge in [-0.1, -0.05) is 25.0 Å². The van der Waals surface area contributed by atoms with E-state index in [9.17, 15) is 0 Å². The number of nitrogens with zero attached hydrogens (tertiary/aromatic N) is 4. The van der Waals surface area contributed by atoms with Gasteiger partial charge in [-0.2, -0.15) is 0 Å². The second kappa shape index (κ2) is 7.49. The third-order valence-corrected chi connectivity index (χ3v) is 4.59. The largest absolute Gasteiger partial charge is 0.370 e. The topological polar surface area (TPSA) is 59.4 Å². The first-order valence-corrected chi connectivity index (χ1v) is 8.72. The molecule has 3 rings (SSSR count). The maximum Gasteiger partial charge on any atom is 0.191 e. The number of nitrogens with two attached hydrogens (primary N) is 1. The van der Waals surface area contributed by atoms with Gasteiger partial charge in [-0.25, -0.2) is 4.98 Å². The van der Waals surface area contributed by atoms with Crippen LogP contribution >= 0.6 is 0 Å². The number of aryl methyl sites for hydroxylation is 2. The van der Waals surface area contributed by atoms with E-state index in [0.717, 1.165) is 49.9 Å². The van der Waals surface area contributed by atoms with Gasteiger partial charge in [-0.3, -0.25) is 4.99 Å². The van der Waals surface area contributed by atoms with Crippen molar-refractivity contribution < 1.29 is 0 Å². The first-order chi connectivity index (χ1) is 11.3. The summed E-state index contributed by atoms with van der Waals surface area (Å²) in [5.74, 6) is 1.79. The van der Waals surface area contributed by atoms with Crippen LogP contribution in [-0.2, 0) is 6.54 Å². The average Bonchev–Trinajstić information content (AvgIpc) is 2.74. The molecule has 1 fully saturated rings. The lowest BCUT2D eigenvalue weighted by molar-refractivity contribution is 0.428. The summed E-state index contributed by atoms with van der Waals surface area (Å²) < 4.78 is 2.27. The van der Waals surface area contributed by atoms with E-state index in [1.54, 1.807) is 0 Å². The molecular formula is C18H27N5. The molecule has 1 aromatic heterocycles. The summed E-state index contributed by atoms with van der Waals surface area (Å²) in [5, 5.41) is 0. The standard InChI is InChI=1S/C18H27N5/c1-15-21-16-9-4-5-10-17(16)23(15)14-8-11-20-18(19)22-12-6-2-3-7-13-22/h4-5,9-10H,2-3,6-8,11-14H2,1H3,(H2,19,20). The van der Waals surface area contributed by atoms with Crippen molar-refractivity contribution in [2.24, 2.45) is 10.7 Å². The minimum absolute atomic E-state index is 0.721. The normalized spacial score (nSPS) is 16.7. The van der Waals surface area contributed by atoms with Crippen LogP contribution in [0.25, 0.3) is 11.0 Å². The van der Waals surface area contributed by atoms with Crippen LogP contribution in [0.15, 0.2) is 29.3 Å². The van der Waals surface area contributed by atoms with Crippen LogP contribution in [0, 0.1) is 6.92 Å². The molecular weight excluding hydrogens is 286 g/mol. The molecule has 1 saturated heterocycles. The van der Waals surface area contributed by atoms with Crippen LogP contribution < -0.4 is 5.73 Å². The summed E-state index contributed by atoms with van der Waals surface area (Å²) in [7, 11) is 0. The SMILES string of the molecule is Cc1nc2ccccc2n1CCCN=C(N)N1CCCCCC1. The fourth-order valence-corrected chi connectivity index (χ4v) is 3.30. The van der Waals surface area contributed by atoms with Crippen molar-refractivity contribution in [1.82, 2.24) is 14.5 Å². The van der Waals surface area contributed by atoms with E-state index in [4.69, 9.17) is 5.73 Å². The summed E-state index contributed by atoms with van der Waals surface area (Å²) in [4.78, 5) is 11.4. The number of fused-ring (bicyclic) bond motifs is 1. The van der Waals surface area contributed by atoms with E-state index in [1.165, 1.54) is 31.2 Å². The van der Waals surface area contributed by atoms with Crippen LogP contribution in [0.1, 0.15) is 37.9 Å². The van der Waals surface area contributed by atoms with E-state index < -0.39 is 0 Å². The van der Waals surface area contributed by atoms with Gasteiger partial charge in [0.2, 0.25) is 0 Å². The average molecular weight is 313 g/mol. The minimum atomic E-state index is 0.721. The number of aromatic nitrogens is 2. The first kappa shape index (κ1) is 15.8. The van der Waals surface area contributed by atoms with Crippen molar-refractivity contribution >= 4 is 17.0 Å². The summed E-state index contributed by atoms with van der Waals surface area (Å²) in [5.41, 5.74) is 8.42. The molecule has 1 aromatic carbocycles. The predicted octanol–water partition coefficient (Wildman–Crippen LogP) is 2.93. The molecule has 5 heteroatoms. The van der Waals surface area contributed by atoms with E-state index in [-0.39, 0.29) is 0 Å². The van der Waals surface area contributed by atoms with Gasteiger partial charge in [0.15, 0.2) is 5.96 Å². The molecule has 1 aliphatic heterocycles. The van der Waals surface area contributed by atoms with E-state index in [1.807, 2.05) is 6.07 Å². The number of para-hydroxylation sites is 2. The van der Waals surface area contributed by atoms with E-state index in [0.29, 0.717) is 0 Å². The third-order valence-electron chi connectivity index (χ3n) is 4.59. The highest BCUT2D eigenvalue weighted by Crippen LogP contribution is 2.15. The summed E-state index contributed by atoms with van der Waals surface area (Å²) in [6.07, 6.45) is 6.08. The molecule has 0 bridgehead atoms. The highest BCUT2D eigenvalue weighted by molar-refractivity contribution is 5.78. The molecule has 0 amide bonds. The fraction of sp³-hybridized carbons (Fsp3) is 0.556. The van der Waals surface area contributed by atoms with Crippen molar-refractivity contribution in [3.63, 3.8) is 0 Å². The Bertz CT molecular complexity index is 665. The van der Waals surface area contributed by atoms with Crippen molar-refractivity contribution in [2.45, 2.75) is 45.6 Å². The molecule has 2 aromatic rings. The first-order valence-electron chi connectivity index (χ1n) is 8.72. The molecule has 2 heterocycles. The Hall–Kier alpha value is -2.04. The number of guanidine groups is 1. The Balaban J connectivity index is 1.56. The van der Waals surface area contributed by atoms with Gasteiger partial charge in [0.05, 0.1) is 11.0 Å². The Morgan fingerprint density at radius 3 is 2.70 bits per heavy atom. The summed E-state index contributed by atoms with van der Waals surface area (Å²) in [6.45, 7) is 5.88. The third kappa shape index (κ3) is 3.84. The molecule has 124 valence electrons. The van der Waals surface area contributed by atoms with Crippen molar-refractivity contribution in [2.75, 3.05) is 19.6 Å². The second-order valence-corrected chi connectivity index (χ2v) is 6.29. The molecule has 0 radical (unpaired) electrons. The molecule has 0 spiro atoms. The quantitative estimate of drug-likeness (QED) is 0.536. The van der Waals surface area contributed by atoms with Crippen LogP contribution in [0.4, 0.5) is 0 Å². The smallest absolute Gasteiger partial charge is 0.191 e. The van der Waals surface area contributed by atoms with E-state index in [2.05, 4.69) is 44.6 Å². The van der Waals surface area contributed by atoms with Gasteiger partial charge < -0.3 is 15.2 Å². The number of benzene rings is 1. The Labute approximate surface area is 138 Å². The number of imidazole rings is 1. The second-order valence-electron chi connectivity index (χ2n) is 6.29. The lowest BCUT2D eigenvalue weighted by Gasteiger charge is -2.21. The lowest BCUT2D eigenvalue weighted by atomic mass is 10.2. The number of rotatable bonds is 4. The van der Waals surface area contributed by atoms with E-state index >= 15 is 0 Å². The highest BCUT2D eigenvalue weighted by atomic mass is 15.2. The van der Waals surface area contributed by atoms with Gasteiger partial charge in [0.1, 0.15) is 5.82 Å². The molecule has 23 heavy (non-hydrogen) atoms. The summed E-state index contributed by atoms with van der Waals surface area (Å²) >= 11 is 0. The number of likely N-dealkylation sites (tertiary alicyclic amines) is 1. The molecule has 0 atom stereocenters. The Morgan fingerprint density at radius 1 is 1.17 bits per heavy atom. The molecule has 5 nitrogen and oxygen atoms in total. The number of hydrogen-bond donors (Lipinski definition) is 1. The van der Waals surface area contributed by atoms with Crippen LogP contribution in [0.3, 0.4) is 0 Å². The zero-order chi connectivity index (χ0) is 16.1. The lowest BCUT2D eigenvalue weighted by Crippen LogP contribution is -2.38. The monoisotopic (exact) mass is 313 g/mol. The Morgan fingerprint density at radius 2 is 1.91 bits per heavy atom. The molecule has 1 aliphatic rings. The maximum absolute atomic E-state index is 6.15. The van der Waals surface area contributed by atoms with Crippen molar-refractivity contribution in [3.05, 3.63) is 30.1 Å². The molecule has 0 aliphatic carbocycles. The zero-order valence-corrected chi connectivity index (χ0v) is 14.0. The fourth-order valence-electron chi connectivity index (χ4n) is 3.30. The van der Waals surface area contributed by atoms with Crippen LogP contribution in [-0.4, -0.2) is 40.0 Å². The summed E-state index contributed by atoms with van der Waals surface area (Å²) in [6, 6.07) is 8.29. The van der Waals surface area contributed by atoms with Crippen LogP contribution in [0.2, 0.25) is 0 Å². The van der Waals surface area contributed by atoms with Crippen LogP contribution in [0.5, 0.6) is 0 Å². The minimum Gasteiger partial charge on any atom is -0.370 e. The van der Waals surface area contributed by atoms with Gasteiger partial charge in [-0.05, 0) is 38.3 Å². The van der Waals surface area contributed by atoms with Gasteiger partial charge in [0, 0.05) is 26.2 Å².